The number of benzene rings is 2. The van der Waals surface area contributed by atoms with Crippen molar-refractivity contribution in [3.05, 3.63) is 71.3 Å². The molecular formula is C20H20N2O4. The first-order valence-electron chi connectivity index (χ1n) is 8.43. The molecular weight excluding hydrogens is 332 g/mol. The number of carbonyl (C=O) groups excluding carboxylic acids is 3. The highest BCUT2D eigenvalue weighted by molar-refractivity contribution is 6.18. The number of hydrogen-bond donors (Lipinski definition) is 1. The Hall–Kier alpha value is -2.99. The van der Waals surface area contributed by atoms with Gasteiger partial charge < -0.3 is 5.32 Å². The molecule has 1 aliphatic heterocycles. The smallest absolute Gasteiger partial charge is 0.285 e. The van der Waals surface area contributed by atoms with Gasteiger partial charge in [-0.3, -0.25) is 19.2 Å². The summed E-state index contributed by atoms with van der Waals surface area (Å²) in [5.41, 5.74) is 1.51. The lowest BCUT2D eigenvalue weighted by atomic mass is 9.88. The molecule has 0 fully saturated rings. The highest BCUT2D eigenvalue weighted by Crippen LogP contribution is 2.30. The van der Waals surface area contributed by atoms with E-state index >= 15 is 0 Å². The maximum atomic E-state index is 12.9. The molecule has 1 heterocycles. The highest BCUT2D eigenvalue weighted by Gasteiger charge is 2.43. The van der Waals surface area contributed by atoms with E-state index in [4.69, 9.17) is 4.84 Å². The number of nitrogens with zero attached hydrogens (tertiary/aromatic N) is 1. The van der Waals surface area contributed by atoms with E-state index in [0.29, 0.717) is 16.2 Å². The first-order valence-corrected chi connectivity index (χ1v) is 8.43. The largest absolute Gasteiger partial charge is 0.353 e. The Morgan fingerprint density at radius 3 is 2.42 bits per heavy atom. The van der Waals surface area contributed by atoms with Gasteiger partial charge >= 0.3 is 0 Å². The van der Waals surface area contributed by atoms with Gasteiger partial charge in [-0.25, -0.2) is 0 Å². The van der Waals surface area contributed by atoms with Crippen molar-refractivity contribution in [2.24, 2.45) is 0 Å². The van der Waals surface area contributed by atoms with Crippen LogP contribution in [0.25, 0.3) is 0 Å². The van der Waals surface area contributed by atoms with E-state index in [1.807, 2.05) is 44.2 Å². The predicted octanol–water partition coefficient (Wildman–Crippen LogP) is 2.41. The second kappa shape index (κ2) is 7.49. The van der Waals surface area contributed by atoms with E-state index in [2.05, 4.69) is 5.32 Å². The van der Waals surface area contributed by atoms with Gasteiger partial charge in [0.05, 0.1) is 0 Å². The Morgan fingerprint density at radius 2 is 1.73 bits per heavy atom. The number of imide groups is 1. The van der Waals surface area contributed by atoms with Crippen molar-refractivity contribution in [1.29, 1.82) is 0 Å². The standard InChI is InChI=1S/C20H20N2O4/c1-13(2)21-18(23)17-15-10-6-7-11-16(15)19(24)22(20(17)25)26-12-14-8-4-3-5-9-14/h3-11,13,17H,12H2,1-2H3,(H,21,23). The molecule has 2 aromatic carbocycles. The molecule has 0 spiro atoms. The maximum absolute atomic E-state index is 12.9. The summed E-state index contributed by atoms with van der Waals surface area (Å²) in [6.45, 7) is 3.68. The van der Waals surface area contributed by atoms with Gasteiger partial charge in [-0.1, -0.05) is 48.5 Å². The first-order chi connectivity index (χ1) is 12.5. The summed E-state index contributed by atoms with van der Waals surface area (Å²) in [5, 5.41) is 3.45. The summed E-state index contributed by atoms with van der Waals surface area (Å²) in [4.78, 5) is 43.6. The zero-order valence-corrected chi connectivity index (χ0v) is 14.6. The Labute approximate surface area is 151 Å². The number of rotatable bonds is 5. The Kier molecular flexibility index (Phi) is 5.14. The molecule has 1 atom stereocenters. The van der Waals surface area contributed by atoms with Crippen LogP contribution in [0.4, 0.5) is 0 Å². The van der Waals surface area contributed by atoms with Crippen LogP contribution in [0.3, 0.4) is 0 Å². The molecule has 0 saturated heterocycles. The quantitative estimate of drug-likeness (QED) is 0.662. The van der Waals surface area contributed by atoms with Gasteiger partial charge in [0.25, 0.3) is 11.8 Å². The highest BCUT2D eigenvalue weighted by atomic mass is 16.7. The lowest BCUT2D eigenvalue weighted by molar-refractivity contribution is -0.177. The lowest BCUT2D eigenvalue weighted by Crippen LogP contribution is -2.50. The van der Waals surface area contributed by atoms with Gasteiger partial charge in [0.1, 0.15) is 12.5 Å². The monoisotopic (exact) mass is 352 g/mol. The van der Waals surface area contributed by atoms with Crippen LogP contribution >= 0.6 is 0 Å². The fourth-order valence-corrected chi connectivity index (χ4v) is 2.86. The molecule has 1 unspecified atom stereocenters. The summed E-state index contributed by atoms with van der Waals surface area (Å²) < 4.78 is 0. The summed E-state index contributed by atoms with van der Waals surface area (Å²) in [6.07, 6.45) is 0. The molecule has 3 rings (SSSR count). The van der Waals surface area contributed by atoms with Crippen molar-refractivity contribution in [2.45, 2.75) is 32.4 Å². The average Bonchev–Trinajstić information content (AvgIpc) is 2.62. The number of fused-ring (bicyclic) bond motifs is 1. The second-order valence-electron chi connectivity index (χ2n) is 6.38. The number of carbonyl (C=O) groups is 3. The van der Waals surface area contributed by atoms with Crippen molar-refractivity contribution < 1.29 is 19.2 Å². The van der Waals surface area contributed by atoms with Gasteiger partial charge in [0, 0.05) is 11.6 Å². The first kappa shape index (κ1) is 17.8. The number of nitrogens with one attached hydrogen (secondary N) is 1. The van der Waals surface area contributed by atoms with Crippen LogP contribution in [0.1, 0.15) is 41.3 Å². The maximum Gasteiger partial charge on any atom is 0.285 e. The predicted molar refractivity (Wildman–Crippen MR) is 94.9 cm³/mol. The van der Waals surface area contributed by atoms with E-state index in [0.717, 1.165) is 5.56 Å². The number of amides is 3. The van der Waals surface area contributed by atoms with Crippen molar-refractivity contribution in [3.63, 3.8) is 0 Å². The van der Waals surface area contributed by atoms with Gasteiger partial charge in [-0.05, 0) is 31.0 Å². The fraction of sp³-hybridized carbons (Fsp3) is 0.250. The van der Waals surface area contributed by atoms with E-state index in [-0.39, 0.29) is 12.6 Å². The van der Waals surface area contributed by atoms with Crippen LogP contribution in [0, 0.1) is 0 Å². The van der Waals surface area contributed by atoms with Gasteiger partial charge in [0.2, 0.25) is 5.91 Å². The van der Waals surface area contributed by atoms with Crippen LogP contribution in [0.2, 0.25) is 0 Å². The van der Waals surface area contributed by atoms with Crippen LogP contribution in [-0.4, -0.2) is 28.8 Å². The molecule has 1 N–H and O–H groups in total. The Morgan fingerprint density at radius 1 is 1.08 bits per heavy atom. The van der Waals surface area contributed by atoms with Crippen LogP contribution < -0.4 is 5.32 Å². The molecule has 0 aliphatic carbocycles. The minimum atomic E-state index is -1.11. The minimum absolute atomic E-state index is 0.0546. The Balaban J connectivity index is 1.90. The summed E-state index contributed by atoms with van der Waals surface area (Å²) >= 11 is 0. The minimum Gasteiger partial charge on any atom is -0.353 e. The van der Waals surface area contributed by atoms with Gasteiger partial charge in [-0.2, -0.15) is 0 Å². The normalized spacial score (nSPS) is 16.6. The van der Waals surface area contributed by atoms with Crippen molar-refractivity contribution in [1.82, 2.24) is 10.4 Å². The number of hydroxylamine groups is 2. The molecule has 6 nitrogen and oxygen atoms in total. The zero-order valence-electron chi connectivity index (χ0n) is 14.6. The molecule has 3 amide bonds. The van der Waals surface area contributed by atoms with Crippen molar-refractivity contribution in [3.8, 4) is 0 Å². The molecule has 0 bridgehead atoms. The summed E-state index contributed by atoms with van der Waals surface area (Å²) in [7, 11) is 0. The van der Waals surface area contributed by atoms with Crippen molar-refractivity contribution in [2.75, 3.05) is 0 Å². The van der Waals surface area contributed by atoms with Crippen molar-refractivity contribution >= 4 is 17.7 Å². The lowest BCUT2D eigenvalue weighted by Gasteiger charge is -2.31. The molecule has 134 valence electrons. The molecule has 26 heavy (non-hydrogen) atoms. The van der Waals surface area contributed by atoms with Crippen LogP contribution in [-0.2, 0) is 21.0 Å². The third-order valence-corrected chi connectivity index (χ3v) is 4.03. The third kappa shape index (κ3) is 3.50. The SMILES string of the molecule is CC(C)NC(=O)C1C(=O)N(OCc2ccccc2)C(=O)c2ccccc21. The molecule has 6 heteroatoms. The molecule has 0 aromatic heterocycles. The molecule has 0 radical (unpaired) electrons. The van der Waals surface area contributed by atoms with E-state index in [1.165, 1.54) is 0 Å². The molecule has 2 aromatic rings. The third-order valence-electron chi connectivity index (χ3n) is 4.03. The van der Waals surface area contributed by atoms with E-state index in [9.17, 15) is 14.4 Å². The summed E-state index contributed by atoms with van der Waals surface area (Å²) in [5.74, 6) is -2.79. The van der Waals surface area contributed by atoms with Crippen LogP contribution in [0.15, 0.2) is 54.6 Å². The van der Waals surface area contributed by atoms with Gasteiger partial charge in [-0.15, -0.1) is 5.06 Å². The van der Waals surface area contributed by atoms with Gasteiger partial charge in [0.15, 0.2) is 0 Å². The fourth-order valence-electron chi connectivity index (χ4n) is 2.86. The van der Waals surface area contributed by atoms with E-state index < -0.39 is 23.6 Å². The van der Waals surface area contributed by atoms with E-state index in [1.54, 1.807) is 24.3 Å². The number of hydrogen-bond acceptors (Lipinski definition) is 4. The molecule has 0 saturated carbocycles. The second-order valence-corrected chi connectivity index (χ2v) is 6.38. The van der Waals surface area contributed by atoms with Crippen LogP contribution in [0.5, 0.6) is 0 Å². The average molecular weight is 352 g/mol. The molecule has 1 aliphatic rings. The zero-order chi connectivity index (χ0) is 18.7. The Bertz CT molecular complexity index is 833. The topological polar surface area (TPSA) is 75.7 Å². The summed E-state index contributed by atoms with van der Waals surface area (Å²) in [6, 6.07) is 15.7.